The summed E-state index contributed by atoms with van der Waals surface area (Å²) in [4.78, 5) is 14.1. The third kappa shape index (κ3) is 6.29. The molecule has 0 saturated carbocycles. The Kier molecular flexibility index (Phi) is 6.54. The number of amides is 1. The third-order valence-corrected chi connectivity index (χ3v) is 6.45. The van der Waals surface area contributed by atoms with Gasteiger partial charge in [0.05, 0.1) is 10.6 Å². The smallest absolute Gasteiger partial charge is 0.410 e. The van der Waals surface area contributed by atoms with Crippen molar-refractivity contribution < 1.29 is 17.9 Å². The van der Waals surface area contributed by atoms with Crippen LogP contribution in [0.5, 0.6) is 0 Å². The van der Waals surface area contributed by atoms with Crippen LogP contribution in [0.25, 0.3) is 0 Å². The maximum atomic E-state index is 12.5. The van der Waals surface area contributed by atoms with Crippen molar-refractivity contribution in [3.05, 3.63) is 28.7 Å². The lowest BCUT2D eigenvalue weighted by Crippen LogP contribution is -2.41. The first-order chi connectivity index (χ1) is 11.6. The molecule has 0 aliphatic carbocycles. The fourth-order valence-electron chi connectivity index (χ4n) is 2.83. The number of ether oxygens (including phenoxy) is 1. The molecule has 0 unspecified atom stereocenters. The summed E-state index contributed by atoms with van der Waals surface area (Å²) < 4.78 is 31.0. The monoisotopic (exact) mass is 431 g/mol. The Labute approximate surface area is 158 Å². The molecule has 1 heterocycles. The topological polar surface area (TPSA) is 63.7 Å². The Morgan fingerprint density at radius 2 is 1.92 bits per heavy atom. The number of benzene rings is 1. The van der Waals surface area contributed by atoms with Crippen molar-refractivity contribution in [3.63, 3.8) is 0 Å². The zero-order valence-electron chi connectivity index (χ0n) is 15.0. The number of carbonyl (C=O) groups is 1. The van der Waals surface area contributed by atoms with Crippen molar-refractivity contribution in [2.24, 2.45) is 5.92 Å². The summed E-state index contributed by atoms with van der Waals surface area (Å²) in [6.45, 7) is 6.80. The minimum absolute atomic E-state index is 0.139. The predicted octanol–water partition coefficient (Wildman–Crippen LogP) is 4.26. The molecule has 0 aromatic heterocycles. The molecular formula is C18H26BrNO4S. The second kappa shape index (κ2) is 8.08. The van der Waals surface area contributed by atoms with Crippen molar-refractivity contribution in [2.75, 3.05) is 18.8 Å². The fraction of sp³-hybridized carbons (Fsp3) is 0.611. The molecule has 1 amide bonds. The van der Waals surface area contributed by atoms with Gasteiger partial charge in [0, 0.05) is 17.6 Å². The number of nitrogens with zero attached hydrogens (tertiary/aromatic N) is 1. The van der Waals surface area contributed by atoms with Crippen LogP contribution >= 0.6 is 15.9 Å². The van der Waals surface area contributed by atoms with Gasteiger partial charge in [-0.1, -0.05) is 22.0 Å². The molecule has 1 aromatic carbocycles. The number of hydrogen-bond acceptors (Lipinski definition) is 4. The van der Waals surface area contributed by atoms with Crippen molar-refractivity contribution in [3.8, 4) is 0 Å². The van der Waals surface area contributed by atoms with Gasteiger partial charge >= 0.3 is 6.09 Å². The summed E-state index contributed by atoms with van der Waals surface area (Å²) in [5.41, 5.74) is -0.494. The molecule has 0 bridgehead atoms. The molecule has 1 aliphatic heterocycles. The van der Waals surface area contributed by atoms with E-state index < -0.39 is 15.4 Å². The largest absolute Gasteiger partial charge is 0.444 e. The summed E-state index contributed by atoms with van der Waals surface area (Å²) in [6.07, 6.45) is 1.96. The van der Waals surface area contributed by atoms with Gasteiger partial charge in [0.15, 0.2) is 9.84 Å². The molecule has 1 aromatic rings. The number of hydrogen-bond donors (Lipinski definition) is 0. The normalized spacial score (nSPS) is 16.7. The third-order valence-electron chi connectivity index (χ3n) is 4.22. The first kappa shape index (κ1) is 20.2. The molecule has 0 spiro atoms. The van der Waals surface area contributed by atoms with Crippen molar-refractivity contribution in [2.45, 2.75) is 50.5 Å². The van der Waals surface area contributed by atoms with Crippen LogP contribution in [0.15, 0.2) is 33.6 Å². The van der Waals surface area contributed by atoms with E-state index in [0.29, 0.717) is 30.3 Å². The summed E-state index contributed by atoms with van der Waals surface area (Å²) >= 11 is 3.31. The van der Waals surface area contributed by atoms with Crippen molar-refractivity contribution in [1.82, 2.24) is 4.90 Å². The Morgan fingerprint density at radius 3 is 2.48 bits per heavy atom. The van der Waals surface area contributed by atoms with Crippen LogP contribution in [0.3, 0.4) is 0 Å². The SMILES string of the molecule is CC(C)(C)OC(=O)N1CCC(CCS(=O)(=O)c2cccc(Br)c2)CC1. The van der Waals surface area contributed by atoms with Crippen LogP contribution in [0.1, 0.15) is 40.0 Å². The van der Waals surface area contributed by atoms with E-state index in [2.05, 4.69) is 15.9 Å². The highest BCUT2D eigenvalue weighted by Crippen LogP contribution is 2.25. The molecule has 140 valence electrons. The van der Waals surface area contributed by atoms with Gasteiger partial charge in [-0.2, -0.15) is 0 Å². The van der Waals surface area contributed by atoms with E-state index in [0.717, 1.165) is 17.3 Å². The minimum Gasteiger partial charge on any atom is -0.444 e. The number of piperidine rings is 1. The summed E-state index contributed by atoms with van der Waals surface area (Å²) in [5, 5.41) is 0. The van der Waals surface area contributed by atoms with E-state index in [1.807, 2.05) is 26.8 Å². The van der Waals surface area contributed by atoms with Crippen LogP contribution in [0, 0.1) is 5.92 Å². The molecule has 2 rings (SSSR count). The van der Waals surface area contributed by atoms with Gasteiger partial charge in [-0.3, -0.25) is 0 Å². The Hall–Kier alpha value is -1.08. The number of likely N-dealkylation sites (tertiary alicyclic amines) is 1. The van der Waals surface area contributed by atoms with Gasteiger partial charge in [-0.15, -0.1) is 0 Å². The lowest BCUT2D eigenvalue weighted by molar-refractivity contribution is 0.0183. The fourth-order valence-corrected chi connectivity index (χ4v) is 4.85. The van der Waals surface area contributed by atoms with E-state index in [1.165, 1.54) is 0 Å². The molecule has 0 N–H and O–H groups in total. The van der Waals surface area contributed by atoms with Gasteiger partial charge < -0.3 is 9.64 Å². The quantitative estimate of drug-likeness (QED) is 0.713. The molecule has 1 saturated heterocycles. The summed E-state index contributed by atoms with van der Waals surface area (Å²) in [5.74, 6) is 0.459. The van der Waals surface area contributed by atoms with E-state index in [1.54, 1.807) is 23.1 Å². The lowest BCUT2D eigenvalue weighted by Gasteiger charge is -2.33. The minimum atomic E-state index is -3.27. The lowest BCUT2D eigenvalue weighted by atomic mass is 9.95. The first-order valence-electron chi connectivity index (χ1n) is 8.53. The molecule has 1 fully saturated rings. The summed E-state index contributed by atoms with van der Waals surface area (Å²) in [7, 11) is -3.27. The van der Waals surface area contributed by atoms with Gasteiger partial charge in [0.1, 0.15) is 5.60 Å². The van der Waals surface area contributed by atoms with Crippen LogP contribution in [-0.2, 0) is 14.6 Å². The van der Waals surface area contributed by atoms with Crippen LogP contribution < -0.4 is 0 Å². The number of sulfone groups is 1. The van der Waals surface area contributed by atoms with Crippen LogP contribution in [-0.4, -0.2) is 43.9 Å². The van der Waals surface area contributed by atoms with Crippen LogP contribution in [0.4, 0.5) is 4.79 Å². The average Bonchev–Trinajstić information content (AvgIpc) is 2.52. The van der Waals surface area contributed by atoms with E-state index in [-0.39, 0.29) is 11.8 Å². The highest BCUT2D eigenvalue weighted by atomic mass is 79.9. The van der Waals surface area contributed by atoms with Gasteiger partial charge in [0.2, 0.25) is 0 Å². The first-order valence-corrected chi connectivity index (χ1v) is 11.0. The van der Waals surface area contributed by atoms with E-state index in [4.69, 9.17) is 4.74 Å². The standard InChI is InChI=1S/C18H26BrNO4S/c1-18(2,3)24-17(21)20-10-7-14(8-11-20)9-12-25(22,23)16-6-4-5-15(19)13-16/h4-6,13-14H,7-12H2,1-3H3. The zero-order valence-corrected chi connectivity index (χ0v) is 17.4. The Balaban J connectivity index is 1.83. The average molecular weight is 432 g/mol. The van der Waals surface area contributed by atoms with Crippen molar-refractivity contribution in [1.29, 1.82) is 0 Å². The van der Waals surface area contributed by atoms with Gasteiger partial charge in [-0.25, -0.2) is 13.2 Å². The molecule has 7 heteroatoms. The molecule has 0 atom stereocenters. The number of carbonyl (C=O) groups excluding carboxylic acids is 1. The van der Waals surface area contributed by atoms with Crippen LogP contribution in [0.2, 0.25) is 0 Å². The maximum absolute atomic E-state index is 12.5. The molecule has 25 heavy (non-hydrogen) atoms. The number of rotatable bonds is 4. The highest BCUT2D eigenvalue weighted by Gasteiger charge is 2.27. The van der Waals surface area contributed by atoms with Gasteiger partial charge in [0.25, 0.3) is 0 Å². The second-order valence-corrected chi connectivity index (χ2v) is 10.5. The van der Waals surface area contributed by atoms with Gasteiger partial charge in [-0.05, 0) is 64.2 Å². The maximum Gasteiger partial charge on any atom is 0.410 e. The summed E-state index contributed by atoms with van der Waals surface area (Å²) in [6, 6.07) is 6.81. The number of halogens is 1. The predicted molar refractivity (Wildman–Crippen MR) is 101 cm³/mol. The Morgan fingerprint density at radius 1 is 1.28 bits per heavy atom. The zero-order chi connectivity index (χ0) is 18.7. The van der Waals surface area contributed by atoms with E-state index >= 15 is 0 Å². The molecule has 0 radical (unpaired) electrons. The molecular weight excluding hydrogens is 406 g/mol. The Bertz CT molecular complexity index is 704. The molecule has 5 nitrogen and oxygen atoms in total. The second-order valence-electron chi connectivity index (χ2n) is 7.48. The highest BCUT2D eigenvalue weighted by molar-refractivity contribution is 9.10. The molecule has 1 aliphatic rings. The van der Waals surface area contributed by atoms with E-state index in [9.17, 15) is 13.2 Å². The van der Waals surface area contributed by atoms with Crippen molar-refractivity contribution >= 4 is 31.9 Å².